The molecule has 0 amide bonds. The largest absolute Gasteiger partial charge is 0.496 e. The number of ether oxygens (including phenoxy) is 1. The molecule has 20 heavy (non-hydrogen) atoms. The Morgan fingerprint density at radius 3 is 2.90 bits per heavy atom. The monoisotopic (exact) mass is 296 g/mol. The summed E-state index contributed by atoms with van der Waals surface area (Å²) in [6, 6.07) is 6.50. The first-order valence-electron chi connectivity index (χ1n) is 7.42. The third-order valence-electron chi connectivity index (χ3n) is 4.13. The van der Waals surface area contributed by atoms with E-state index in [2.05, 4.69) is 24.1 Å². The fraction of sp³-hybridized carbons (Fsp3) is 0.625. The van der Waals surface area contributed by atoms with Gasteiger partial charge in [0.2, 0.25) is 0 Å². The second-order valence-electron chi connectivity index (χ2n) is 5.59. The van der Waals surface area contributed by atoms with Crippen molar-refractivity contribution in [2.45, 2.75) is 32.9 Å². The minimum atomic E-state index is 0.643. The van der Waals surface area contributed by atoms with Gasteiger partial charge in [-0.15, -0.1) is 0 Å². The van der Waals surface area contributed by atoms with E-state index in [4.69, 9.17) is 16.3 Å². The molecular formula is C16H25ClN2O. The molecule has 0 aliphatic carbocycles. The van der Waals surface area contributed by atoms with Crippen LogP contribution in [0.25, 0.3) is 0 Å². The number of likely N-dealkylation sites (tertiary alicyclic amines) is 1. The highest BCUT2D eigenvalue weighted by Gasteiger charge is 2.26. The van der Waals surface area contributed by atoms with Crippen LogP contribution < -0.4 is 10.1 Å². The van der Waals surface area contributed by atoms with Gasteiger partial charge in [0.1, 0.15) is 5.75 Å². The zero-order chi connectivity index (χ0) is 14.5. The fourth-order valence-electron chi connectivity index (χ4n) is 3.05. The minimum Gasteiger partial charge on any atom is -0.496 e. The molecule has 0 aromatic heterocycles. The summed E-state index contributed by atoms with van der Waals surface area (Å²) < 4.78 is 5.43. The zero-order valence-corrected chi connectivity index (χ0v) is 13.4. The Bertz CT molecular complexity index is 438. The average molecular weight is 297 g/mol. The average Bonchev–Trinajstić information content (AvgIpc) is 2.44. The van der Waals surface area contributed by atoms with Gasteiger partial charge < -0.3 is 10.1 Å². The van der Waals surface area contributed by atoms with Crippen LogP contribution in [-0.4, -0.2) is 37.7 Å². The fourth-order valence-corrected chi connectivity index (χ4v) is 3.27. The normalized spacial score (nSPS) is 23.8. The number of hydrogen-bond acceptors (Lipinski definition) is 3. The van der Waals surface area contributed by atoms with Crippen molar-refractivity contribution < 1.29 is 4.74 Å². The summed E-state index contributed by atoms with van der Waals surface area (Å²) >= 11 is 6.32. The number of rotatable bonds is 5. The lowest BCUT2D eigenvalue weighted by atomic mass is 9.93. The van der Waals surface area contributed by atoms with Gasteiger partial charge in [-0.1, -0.05) is 31.5 Å². The molecule has 0 bridgehead atoms. The Balaban J connectivity index is 2.02. The SMILES string of the molecule is CCNC1CCN(Cc2c(Cl)cccc2OC)CC1C. The van der Waals surface area contributed by atoms with Crippen molar-refractivity contribution >= 4 is 11.6 Å². The molecular weight excluding hydrogens is 272 g/mol. The summed E-state index contributed by atoms with van der Waals surface area (Å²) in [5.41, 5.74) is 1.10. The zero-order valence-electron chi connectivity index (χ0n) is 12.7. The first-order chi connectivity index (χ1) is 9.65. The summed E-state index contributed by atoms with van der Waals surface area (Å²) in [6.07, 6.45) is 1.20. The number of benzene rings is 1. The molecule has 1 aromatic rings. The van der Waals surface area contributed by atoms with Gasteiger partial charge in [-0.25, -0.2) is 0 Å². The lowest BCUT2D eigenvalue weighted by Crippen LogP contribution is -2.47. The molecule has 3 nitrogen and oxygen atoms in total. The molecule has 0 radical (unpaired) electrons. The first-order valence-corrected chi connectivity index (χ1v) is 7.80. The van der Waals surface area contributed by atoms with Gasteiger partial charge in [-0.05, 0) is 37.6 Å². The highest BCUT2D eigenvalue weighted by Crippen LogP contribution is 2.29. The van der Waals surface area contributed by atoms with Crippen molar-refractivity contribution in [3.8, 4) is 5.75 Å². The molecule has 112 valence electrons. The molecule has 0 spiro atoms. The number of halogens is 1. The molecule has 2 unspecified atom stereocenters. The summed E-state index contributed by atoms with van der Waals surface area (Å²) in [4.78, 5) is 2.47. The molecule has 1 aliphatic heterocycles. The number of nitrogens with one attached hydrogen (secondary N) is 1. The van der Waals surface area contributed by atoms with Crippen LogP contribution in [0.5, 0.6) is 5.75 Å². The van der Waals surface area contributed by atoms with Gasteiger partial charge in [0.05, 0.1) is 7.11 Å². The van der Waals surface area contributed by atoms with Crippen LogP contribution in [0.2, 0.25) is 5.02 Å². The lowest BCUT2D eigenvalue weighted by molar-refractivity contribution is 0.141. The van der Waals surface area contributed by atoms with Gasteiger partial charge in [-0.3, -0.25) is 4.90 Å². The van der Waals surface area contributed by atoms with Crippen molar-refractivity contribution in [2.75, 3.05) is 26.7 Å². The molecule has 1 saturated heterocycles. The van der Waals surface area contributed by atoms with Crippen LogP contribution in [0.4, 0.5) is 0 Å². The summed E-state index contributed by atoms with van der Waals surface area (Å²) in [7, 11) is 1.70. The topological polar surface area (TPSA) is 24.5 Å². The third kappa shape index (κ3) is 3.66. The molecule has 2 rings (SSSR count). The van der Waals surface area contributed by atoms with Gasteiger partial charge in [0.25, 0.3) is 0 Å². The van der Waals surface area contributed by atoms with Crippen molar-refractivity contribution in [2.24, 2.45) is 5.92 Å². The molecule has 1 fully saturated rings. The molecule has 1 aliphatic rings. The second-order valence-corrected chi connectivity index (χ2v) is 5.99. The van der Waals surface area contributed by atoms with Crippen LogP contribution in [0.15, 0.2) is 18.2 Å². The van der Waals surface area contributed by atoms with E-state index in [1.54, 1.807) is 7.11 Å². The number of hydrogen-bond donors (Lipinski definition) is 1. The molecule has 1 aromatic carbocycles. The van der Waals surface area contributed by atoms with E-state index in [1.165, 1.54) is 6.42 Å². The molecule has 1 heterocycles. The molecule has 0 saturated carbocycles. The van der Waals surface area contributed by atoms with E-state index in [9.17, 15) is 0 Å². The van der Waals surface area contributed by atoms with E-state index < -0.39 is 0 Å². The van der Waals surface area contributed by atoms with Crippen molar-refractivity contribution in [3.05, 3.63) is 28.8 Å². The van der Waals surface area contributed by atoms with Crippen LogP contribution >= 0.6 is 11.6 Å². The van der Waals surface area contributed by atoms with Gasteiger partial charge in [0, 0.05) is 29.7 Å². The van der Waals surface area contributed by atoms with Crippen LogP contribution in [-0.2, 0) is 6.54 Å². The Morgan fingerprint density at radius 1 is 1.45 bits per heavy atom. The second kappa shape index (κ2) is 7.30. The predicted molar refractivity (Wildman–Crippen MR) is 84.5 cm³/mol. The number of piperidine rings is 1. The van der Waals surface area contributed by atoms with Crippen LogP contribution in [0.1, 0.15) is 25.8 Å². The molecule has 2 atom stereocenters. The predicted octanol–water partition coefficient (Wildman–Crippen LogP) is 3.17. The smallest absolute Gasteiger partial charge is 0.124 e. The summed E-state index contributed by atoms with van der Waals surface area (Å²) in [5.74, 6) is 1.55. The van der Waals surface area contributed by atoms with Crippen molar-refractivity contribution in [1.82, 2.24) is 10.2 Å². The van der Waals surface area contributed by atoms with Crippen molar-refractivity contribution in [3.63, 3.8) is 0 Å². The van der Waals surface area contributed by atoms with Gasteiger partial charge in [0.15, 0.2) is 0 Å². The van der Waals surface area contributed by atoms with E-state index >= 15 is 0 Å². The Hall–Kier alpha value is -0.770. The van der Waals surface area contributed by atoms with Gasteiger partial charge >= 0.3 is 0 Å². The molecule has 4 heteroatoms. The van der Waals surface area contributed by atoms with E-state index in [0.717, 1.165) is 42.5 Å². The van der Waals surface area contributed by atoms with Crippen LogP contribution in [0, 0.1) is 5.92 Å². The van der Waals surface area contributed by atoms with E-state index in [-0.39, 0.29) is 0 Å². The maximum Gasteiger partial charge on any atom is 0.124 e. The summed E-state index contributed by atoms with van der Waals surface area (Å²) in [6.45, 7) is 8.62. The number of nitrogens with zero attached hydrogens (tertiary/aromatic N) is 1. The third-order valence-corrected chi connectivity index (χ3v) is 4.49. The Labute approximate surface area is 127 Å². The summed E-state index contributed by atoms with van der Waals surface area (Å²) in [5, 5.41) is 4.37. The quantitative estimate of drug-likeness (QED) is 0.903. The lowest BCUT2D eigenvalue weighted by Gasteiger charge is -2.37. The van der Waals surface area contributed by atoms with E-state index in [0.29, 0.717) is 12.0 Å². The Morgan fingerprint density at radius 2 is 2.25 bits per heavy atom. The van der Waals surface area contributed by atoms with Crippen molar-refractivity contribution in [1.29, 1.82) is 0 Å². The van der Waals surface area contributed by atoms with Crippen LogP contribution in [0.3, 0.4) is 0 Å². The van der Waals surface area contributed by atoms with Gasteiger partial charge in [-0.2, -0.15) is 0 Å². The highest BCUT2D eigenvalue weighted by atomic mass is 35.5. The maximum atomic E-state index is 6.32. The first kappa shape index (κ1) is 15.6. The number of methoxy groups -OCH3 is 1. The highest BCUT2D eigenvalue weighted by molar-refractivity contribution is 6.31. The minimum absolute atomic E-state index is 0.643. The Kier molecular flexibility index (Phi) is 5.70. The molecule has 1 N–H and O–H groups in total. The van der Waals surface area contributed by atoms with E-state index in [1.807, 2.05) is 18.2 Å². The maximum absolute atomic E-state index is 6.32. The standard InChI is InChI=1S/C16H25ClN2O/c1-4-18-15-8-9-19(10-12(15)2)11-13-14(17)6-5-7-16(13)20-3/h5-7,12,15,18H,4,8-11H2,1-3H3.